The minimum absolute atomic E-state index is 0.0466. The SMILES string of the molecule is CCO[C@@H]1C=CC(=O)[C@@H](CO[Si](C)(C)C(C)(C)C)O1. The number of ketones is 1. The summed E-state index contributed by atoms with van der Waals surface area (Å²) in [6.07, 6.45) is 2.20. The van der Waals surface area contributed by atoms with Crippen LogP contribution in [0.5, 0.6) is 0 Å². The van der Waals surface area contributed by atoms with E-state index in [1.54, 1.807) is 6.08 Å². The van der Waals surface area contributed by atoms with Gasteiger partial charge in [-0.05, 0) is 37.2 Å². The fourth-order valence-corrected chi connectivity index (χ4v) is 2.44. The molecule has 0 N–H and O–H groups in total. The molecule has 1 rings (SSSR count). The minimum atomic E-state index is -1.86. The first kappa shape index (κ1) is 16.6. The topological polar surface area (TPSA) is 44.8 Å². The fourth-order valence-electron chi connectivity index (χ4n) is 1.44. The normalized spacial score (nSPS) is 24.8. The predicted molar refractivity (Wildman–Crippen MR) is 77.6 cm³/mol. The average molecular weight is 286 g/mol. The van der Waals surface area contributed by atoms with Crippen molar-refractivity contribution in [3.05, 3.63) is 12.2 Å². The summed E-state index contributed by atoms with van der Waals surface area (Å²) in [7, 11) is -1.86. The average Bonchev–Trinajstić information content (AvgIpc) is 2.29. The van der Waals surface area contributed by atoms with Crippen molar-refractivity contribution in [3.63, 3.8) is 0 Å². The maximum absolute atomic E-state index is 11.8. The molecule has 1 heterocycles. The number of hydrogen-bond donors (Lipinski definition) is 0. The molecular weight excluding hydrogens is 260 g/mol. The monoisotopic (exact) mass is 286 g/mol. The Morgan fingerprint density at radius 3 is 2.53 bits per heavy atom. The standard InChI is InChI=1S/C14H26O4Si/c1-7-16-13-9-8-11(15)12(18-13)10-17-19(5,6)14(2,3)4/h8-9,12-13H,7,10H2,1-6H3/t12-,13+/m1/s1. The van der Waals surface area contributed by atoms with E-state index in [9.17, 15) is 4.79 Å². The molecule has 1 aliphatic heterocycles. The van der Waals surface area contributed by atoms with E-state index in [2.05, 4.69) is 33.9 Å². The summed E-state index contributed by atoms with van der Waals surface area (Å²) in [5.74, 6) is -0.0466. The van der Waals surface area contributed by atoms with Crippen LogP contribution in [0.4, 0.5) is 0 Å². The fraction of sp³-hybridized carbons (Fsp3) is 0.786. The molecule has 2 atom stereocenters. The van der Waals surface area contributed by atoms with E-state index >= 15 is 0 Å². The van der Waals surface area contributed by atoms with Crippen LogP contribution in [-0.4, -0.2) is 39.7 Å². The largest absolute Gasteiger partial charge is 0.414 e. The Kier molecular flexibility index (Phi) is 5.50. The van der Waals surface area contributed by atoms with E-state index < -0.39 is 20.7 Å². The Labute approximate surface area is 117 Å². The molecule has 0 amide bonds. The lowest BCUT2D eigenvalue weighted by Crippen LogP contribution is -2.45. The zero-order valence-corrected chi connectivity index (χ0v) is 13.9. The molecule has 1 aliphatic rings. The summed E-state index contributed by atoms with van der Waals surface area (Å²) in [5, 5.41) is 0.125. The lowest BCUT2D eigenvalue weighted by molar-refractivity contribution is -0.166. The molecule has 0 saturated heterocycles. The summed E-state index contributed by atoms with van der Waals surface area (Å²) in [5.41, 5.74) is 0. The van der Waals surface area contributed by atoms with Crippen molar-refractivity contribution in [2.45, 2.75) is 58.2 Å². The molecule has 0 aromatic rings. The van der Waals surface area contributed by atoms with E-state index in [0.717, 1.165) is 0 Å². The smallest absolute Gasteiger partial charge is 0.192 e. The van der Waals surface area contributed by atoms with Gasteiger partial charge in [-0.25, -0.2) is 0 Å². The second-order valence-corrected chi connectivity index (χ2v) is 11.1. The van der Waals surface area contributed by atoms with Crippen LogP contribution >= 0.6 is 0 Å². The van der Waals surface area contributed by atoms with Gasteiger partial charge in [0.2, 0.25) is 0 Å². The van der Waals surface area contributed by atoms with Crippen molar-refractivity contribution < 1.29 is 18.7 Å². The highest BCUT2D eigenvalue weighted by Gasteiger charge is 2.38. The van der Waals surface area contributed by atoms with Crippen molar-refractivity contribution in [1.82, 2.24) is 0 Å². The Morgan fingerprint density at radius 1 is 1.37 bits per heavy atom. The zero-order chi connectivity index (χ0) is 14.7. The molecule has 0 bridgehead atoms. The van der Waals surface area contributed by atoms with Crippen molar-refractivity contribution in [3.8, 4) is 0 Å². The highest BCUT2D eigenvalue weighted by molar-refractivity contribution is 6.74. The van der Waals surface area contributed by atoms with Crippen LogP contribution in [0.3, 0.4) is 0 Å². The van der Waals surface area contributed by atoms with Crippen molar-refractivity contribution in [2.24, 2.45) is 0 Å². The molecule has 0 aromatic carbocycles. The third-order valence-electron chi connectivity index (χ3n) is 3.77. The third kappa shape index (κ3) is 4.52. The van der Waals surface area contributed by atoms with Crippen LogP contribution in [0.25, 0.3) is 0 Å². The van der Waals surface area contributed by atoms with Crippen molar-refractivity contribution in [2.75, 3.05) is 13.2 Å². The molecule has 0 aliphatic carbocycles. The van der Waals surface area contributed by atoms with E-state index in [1.165, 1.54) is 6.08 Å². The van der Waals surface area contributed by atoms with Crippen LogP contribution in [0.2, 0.25) is 18.1 Å². The van der Waals surface area contributed by atoms with Gasteiger partial charge in [0, 0.05) is 6.61 Å². The van der Waals surface area contributed by atoms with Gasteiger partial charge in [-0.2, -0.15) is 0 Å². The lowest BCUT2D eigenvalue weighted by atomic mass is 10.2. The second kappa shape index (κ2) is 6.30. The maximum atomic E-state index is 11.8. The number of hydrogen-bond acceptors (Lipinski definition) is 4. The third-order valence-corrected chi connectivity index (χ3v) is 8.27. The summed E-state index contributed by atoms with van der Waals surface area (Å²) < 4.78 is 17.0. The molecule has 0 saturated carbocycles. The first-order valence-electron chi connectivity index (χ1n) is 6.80. The van der Waals surface area contributed by atoms with E-state index in [0.29, 0.717) is 13.2 Å². The molecule has 0 aromatic heterocycles. The van der Waals surface area contributed by atoms with Crippen LogP contribution in [0, 0.1) is 0 Å². The van der Waals surface area contributed by atoms with Gasteiger partial charge in [0.15, 0.2) is 20.4 Å². The Balaban J connectivity index is 2.58. The van der Waals surface area contributed by atoms with Gasteiger partial charge in [0.05, 0.1) is 6.61 Å². The number of carbonyl (C=O) groups is 1. The quantitative estimate of drug-likeness (QED) is 0.729. The lowest BCUT2D eigenvalue weighted by Gasteiger charge is -2.37. The predicted octanol–water partition coefficient (Wildman–Crippen LogP) is 2.89. The summed E-state index contributed by atoms with van der Waals surface area (Å²) in [6.45, 7) is 13.6. The van der Waals surface area contributed by atoms with Gasteiger partial charge in [-0.1, -0.05) is 20.8 Å². The highest BCUT2D eigenvalue weighted by atomic mass is 28.4. The Bertz CT molecular complexity index is 344. The number of rotatable bonds is 5. The summed E-state index contributed by atoms with van der Waals surface area (Å²) in [4.78, 5) is 11.8. The van der Waals surface area contributed by atoms with Gasteiger partial charge in [0.25, 0.3) is 0 Å². The van der Waals surface area contributed by atoms with Gasteiger partial charge in [0.1, 0.15) is 6.10 Å². The maximum Gasteiger partial charge on any atom is 0.192 e. The number of carbonyl (C=O) groups excluding carboxylic acids is 1. The van der Waals surface area contributed by atoms with Crippen molar-refractivity contribution in [1.29, 1.82) is 0 Å². The molecule has 0 radical (unpaired) electrons. The number of ether oxygens (including phenoxy) is 2. The zero-order valence-electron chi connectivity index (χ0n) is 12.9. The summed E-state index contributed by atoms with van der Waals surface area (Å²) in [6, 6.07) is 0. The van der Waals surface area contributed by atoms with Gasteiger partial charge in [-0.3, -0.25) is 4.79 Å². The van der Waals surface area contributed by atoms with E-state index in [4.69, 9.17) is 13.9 Å². The Morgan fingerprint density at radius 2 is 2.00 bits per heavy atom. The van der Waals surface area contributed by atoms with Crippen LogP contribution < -0.4 is 0 Å². The van der Waals surface area contributed by atoms with Gasteiger partial charge < -0.3 is 13.9 Å². The molecule has 0 fully saturated rings. The van der Waals surface area contributed by atoms with Crippen LogP contribution in [0.15, 0.2) is 12.2 Å². The molecule has 0 unspecified atom stereocenters. The first-order chi connectivity index (χ1) is 8.67. The van der Waals surface area contributed by atoms with E-state index in [-0.39, 0.29) is 10.8 Å². The summed E-state index contributed by atoms with van der Waals surface area (Å²) >= 11 is 0. The van der Waals surface area contributed by atoms with Crippen molar-refractivity contribution >= 4 is 14.1 Å². The van der Waals surface area contributed by atoms with Crippen LogP contribution in [0.1, 0.15) is 27.7 Å². The molecule has 110 valence electrons. The van der Waals surface area contributed by atoms with Gasteiger partial charge in [-0.15, -0.1) is 0 Å². The molecule has 5 heteroatoms. The first-order valence-corrected chi connectivity index (χ1v) is 9.71. The molecular formula is C14H26O4Si. The van der Waals surface area contributed by atoms with E-state index in [1.807, 2.05) is 6.92 Å². The molecule has 0 spiro atoms. The van der Waals surface area contributed by atoms with Crippen LogP contribution in [-0.2, 0) is 18.7 Å². The minimum Gasteiger partial charge on any atom is -0.414 e. The molecule has 19 heavy (non-hydrogen) atoms. The molecule has 4 nitrogen and oxygen atoms in total. The van der Waals surface area contributed by atoms with Gasteiger partial charge >= 0.3 is 0 Å². The Hall–Kier alpha value is -0.493. The highest BCUT2D eigenvalue weighted by Crippen LogP contribution is 2.36. The second-order valence-electron chi connectivity index (χ2n) is 6.28.